The largest absolute Gasteiger partial charge is 0.462 e. The fraction of sp³-hybridized carbons (Fsp3) is 0.286. The molecule has 2 amide bonds. The Balaban J connectivity index is 2.10. The first-order valence-corrected chi connectivity index (χ1v) is 8.76. The van der Waals surface area contributed by atoms with Gasteiger partial charge in [-0.05, 0) is 44.5 Å². The highest BCUT2D eigenvalue weighted by molar-refractivity contribution is 6.02. The van der Waals surface area contributed by atoms with E-state index >= 15 is 0 Å². The number of terminal acetylenes is 1. The predicted octanol–water partition coefficient (Wildman–Crippen LogP) is 2.50. The van der Waals surface area contributed by atoms with Crippen LogP contribution in [0.4, 0.5) is 5.69 Å². The van der Waals surface area contributed by atoms with E-state index in [1.165, 1.54) is 11.9 Å². The van der Waals surface area contributed by atoms with Gasteiger partial charge in [-0.3, -0.25) is 9.59 Å². The number of hydrogen-bond acceptors (Lipinski definition) is 4. The highest BCUT2D eigenvalue weighted by Gasteiger charge is 2.25. The number of amides is 2. The van der Waals surface area contributed by atoms with Gasteiger partial charge in [0.05, 0.1) is 18.7 Å². The molecule has 2 rings (SSSR count). The number of aryl methyl sites for hydroxylation is 1. The number of aromatic amines is 1. The number of benzene rings is 1. The Hall–Kier alpha value is -3.53. The van der Waals surface area contributed by atoms with Gasteiger partial charge in [0, 0.05) is 24.0 Å². The van der Waals surface area contributed by atoms with Crippen LogP contribution in [0.2, 0.25) is 0 Å². The van der Waals surface area contributed by atoms with Gasteiger partial charge in [-0.2, -0.15) is 0 Å². The zero-order valence-electron chi connectivity index (χ0n) is 16.4. The van der Waals surface area contributed by atoms with Crippen LogP contribution in [0, 0.1) is 26.2 Å². The van der Waals surface area contributed by atoms with Crippen LogP contribution in [0.5, 0.6) is 0 Å². The van der Waals surface area contributed by atoms with Gasteiger partial charge < -0.3 is 19.9 Å². The minimum atomic E-state index is -0.485. The molecule has 0 radical (unpaired) electrons. The van der Waals surface area contributed by atoms with Crippen molar-refractivity contribution in [2.75, 3.05) is 25.5 Å². The molecule has 2 aromatic rings. The molecule has 7 nitrogen and oxygen atoms in total. The van der Waals surface area contributed by atoms with Crippen LogP contribution in [0.3, 0.4) is 0 Å². The number of carbonyl (C=O) groups excluding carboxylic acids is 3. The Bertz CT molecular complexity index is 953. The molecule has 0 fully saturated rings. The summed E-state index contributed by atoms with van der Waals surface area (Å²) in [6.07, 6.45) is 5.35. The summed E-state index contributed by atoms with van der Waals surface area (Å²) in [5, 5.41) is 2.71. The summed E-state index contributed by atoms with van der Waals surface area (Å²) >= 11 is 0. The Kier molecular flexibility index (Phi) is 6.61. The number of esters is 1. The SMILES string of the molecule is C#Cc1cccc(NC(=O)CN(C)C(=O)c2[nH]c(C)c(C(=O)OCC)c2C)c1. The van der Waals surface area contributed by atoms with Crippen molar-refractivity contribution in [3.05, 3.63) is 52.3 Å². The predicted molar refractivity (Wildman–Crippen MR) is 106 cm³/mol. The second kappa shape index (κ2) is 8.91. The molecule has 7 heteroatoms. The Morgan fingerprint density at radius 2 is 2.00 bits per heavy atom. The van der Waals surface area contributed by atoms with Gasteiger partial charge in [0.1, 0.15) is 5.69 Å². The van der Waals surface area contributed by atoms with Crippen LogP contribution in [-0.4, -0.2) is 47.9 Å². The number of ether oxygens (including phenoxy) is 1. The Labute approximate surface area is 164 Å². The molecule has 0 aliphatic heterocycles. The van der Waals surface area contributed by atoms with Gasteiger partial charge >= 0.3 is 5.97 Å². The lowest BCUT2D eigenvalue weighted by Gasteiger charge is -2.17. The molecule has 146 valence electrons. The second-order valence-corrected chi connectivity index (χ2v) is 6.28. The minimum absolute atomic E-state index is 0.161. The summed E-state index contributed by atoms with van der Waals surface area (Å²) in [6.45, 7) is 5.16. The molecule has 2 N–H and O–H groups in total. The lowest BCUT2D eigenvalue weighted by Crippen LogP contribution is -2.35. The normalized spacial score (nSPS) is 10.1. The van der Waals surface area contributed by atoms with Gasteiger partial charge in [0.25, 0.3) is 5.91 Å². The van der Waals surface area contributed by atoms with Gasteiger partial charge in [-0.25, -0.2) is 4.79 Å². The van der Waals surface area contributed by atoms with E-state index in [0.717, 1.165) is 0 Å². The third-order valence-electron chi connectivity index (χ3n) is 4.17. The number of rotatable bonds is 6. The van der Waals surface area contributed by atoms with Crippen molar-refractivity contribution in [3.8, 4) is 12.3 Å². The first-order valence-electron chi connectivity index (χ1n) is 8.76. The summed E-state index contributed by atoms with van der Waals surface area (Å²) in [4.78, 5) is 41.3. The fourth-order valence-corrected chi connectivity index (χ4v) is 2.84. The standard InChI is InChI=1S/C21H23N3O4/c1-6-15-9-8-10-16(11-15)23-17(25)12-24(5)20(26)19-13(3)18(14(4)22-19)21(27)28-7-2/h1,8-11,22H,7,12H2,2-5H3,(H,23,25). The molecule has 0 unspecified atom stereocenters. The third-order valence-corrected chi connectivity index (χ3v) is 4.17. The lowest BCUT2D eigenvalue weighted by molar-refractivity contribution is -0.116. The van der Waals surface area contributed by atoms with E-state index in [4.69, 9.17) is 11.2 Å². The number of nitrogens with zero attached hydrogens (tertiary/aromatic N) is 1. The molecule has 1 aromatic carbocycles. The molecule has 0 bridgehead atoms. The monoisotopic (exact) mass is 381 g/mol. The molecule has 1 heterocycles. The van der Waals surface area contributed by atoms with E-state index in [2.05, 4.69) is 16.2 Å². The molecule has 28 heavy (non-hydrogen) atoms. The van der Waals surface area contributed by atoms with E-state index in [9.17, 15) is 14.4 Å². The highest BCUT2D eigenvalue weighted by atomic mass is 16.5. The summed E-state index contributed by atoms with van der Waals surface area (Å²) in [6, 6.07) is 6.87. The van der Waals surface area contributed by atoms with Crippen LogP contribution in [0.15, 0.2) is 24.3 Å². The summed E-state index contributed by atoms with van der Waals surface area (Å²) in [5.41, 5.74) is 2.83. The van der Waals surface area contributed by atoms with Crippen molar-refractivity contribution in [2.45, 2.75) is 20.8 Å². The zero-order chi connectivity index (χ0) is 20.8. The number of carbonyl (C=O) groups is 3. The molecule has 0 saturated carbocycles. The summed E-state index contributed by atoms with van der Waals surface area (Å²) in [7, 11) is 1.51. The number of aromatic nitrogens is 1. The van der Waals surface area contributed by atoms with Gasteiger partial charge in [-0.1, -0.05) is 12.0 Å². The molecule has 0 aliphatic rings. The van der Waals surface area contributed by atoms with Crippen LogP contribution >= 0.6 is 0 Å². The van der Waals surface area contributed by atoms with Crippen LogP contribution in [0.25, 0.3) is 0 Å². The average Bonchev–Trinajstić information content (AvgIpc) is 2.95. The fourth-order valence-electron chi connectivity index (χ4n) is 2.84. The van der Waals surface area contributed by atoms with Crippen molar-refractivity contribution in [1.29, 1.82) is 0 Å². The molecular weight excluding hydrogens is 358 g/mol. The zero-order valence-corrected chi connectivity index (χ0v) is 16.4. The third kappa shape index (κ3) is 4.60. The van der Waals surface area contributed by atoms with Crippen LogP contribution in [-0.2, 0) is 9.53 Å². The van der Waals surface area contributed by atoms with Crippen LogP contribution in [0.1, 0.15) is 44.6 Å². The van der Waals surface area contributed by atoms with Crippen molar-refractivity contribution in [1.82, 2.24) is 9.88 Å². The van der Waals surface area contributed by atoms with Gasteiger partial charge in [0.2, 0.25) is 5.91 Å². The topological polar surface area (TPSA) is 91.5 Å². The number of H-pyrrole nitrogens is 1. The molecular formula is C21H23N3O4. The Morgan fingerprint density at radius 1 is 1.29 bits per heavy atom. The van der Waals surface area contributed by atoms with E-state index in [-0.39, 0.29) is 24.8 Å². The molecule has 0 aliphatic carbocycles. The number of nitrogens with one attached hydrogen (secondary N) is 2. The van der Waals surface area contributed by atoms with E-state index in [1.54, 1.807) is 45.0 Å². The highest BCUT2D eigenvalue weighted by Crippen LogP contribution is 2.20. The average molecular weight is 381 g/mol. The quantitative estimate of drug-likeness (QED) is 0.594. The van der Waals surface area contributed by atoms with Crippen molar-refractivity contribution in [3.63, 3.8) is 0 Å². The number of anilines is 1. The van der Waals surface area contributed by atoms with Gasteiger partial charge in [-0.15, -0.1) is 6.42 Å². The molecule has 1 aromatic heterocycles. The lowest BCUT2D eigenvalue weighted by atomic mass is 10.1. The van der Waals surface area contributed by atoms with E-state index in [0.29, 0.717) is 28.1 Å². The first-order chi connectivity index (χ1) is 13.3. The summed E-state index contributed by atoms with van der Waals surface area (Å²) < 4.78 is 5.03. The van der Waals surface area contributed by atoms with Crippen LogP contribution < -0.4 is 5.32 Å². The maximum Gasteiger partial charge on any atom is 0.340 e. The van der Waals surface area contributed by atoms with Crippen molar-refractivity contribution < 1.29 is 19.1 Å². The number of hydrogen-bond donors (Lipinski definition) is 2. The van der Waals surface area contributed by atoms with Gasteiger partial charge in [0.15, 0.2) is 0 Å². The van der Waals surface area contributed by atoms with E-state index < -0.39 is 11.9 Å². The minimum Gasteiger partial charge on any atom is -0.462 e. The maximum atomic E-state index is 12.7. The maximum absolute atomic E-state index is 12.7. The first kappa shape index (κ1) is 20.8. The molecule has 0 spiro atoms. The van der Waals surface area contributed by atoms with Crippen molar-refractivity contribution >= 4 is 23.5 Å². The van der Waals surface area contributed by atoms with Crippen molar-refractivity contribution in [2.24, 2.45) is 0 Å². The second-order valence-electron chi connectivity index (χ2n) is 6.28. The molecule has 0 saturated heterocycles. The smallest absolute Gasteiger partial charge is 0.340 e. The molecule has 0 atom stereocenters. The number of likely N-dealkylation sites (N-methyl/N-ethyl adjacent to an activating group) is 1. The summed E-state index contributed by atoms with van der Waals surface area (Å²) in [5.74, 6) is 1.25. The Morgan fingerprint density at radius 3 is 2.64 bits per heavy atom. The van der Waals surface area contributed by atoms with E-state index in [1.807, 2.05) is 0 Å².